The summed E-state index contributed by atoms with van der Waals surface area (Å²) in [4.78, 5) is 10.5. The first-order valence-corrected chi connectivity index (χ1v) is 2.95. The fourth-order valence-electron chi connectivity index (χ4n) is 0.435. The van der Waals surface area contributed by atoms with Crippen LogP contribution in [0.3, 0.4) is 0 Å². The van der Waals surface area contributed by atoms with E-state index in [2.05, 4.69) is 9.89 Å². The van der Waals surface area contributed by atoms with Crippen LogP contribution in [0.4, 0.5) is 0 Å². The highest BCUT2D eigenvalue weighted by Gasteiger charge is 2.00. The van der Waals surface area contributed by atoms with Crippen molar-refractivity contribution < 1.29 is 14.7 Å². The number of nitrogens with zero attached hydrogens (tertiary/aromatic N) is 1. The third kappa shape index (κ3) is 3.88. The Hall–Kier alpha value is -1.06. The van der Waals surface area contributed by atoms with Crippen LogP contribution in [0.1, 0.15) is 19.8 Å². The Morgan fingerprint density at radius 1 is 1.60 bits per heavy atom. The molecule has 0 aromatic rings. The third-order valence-electron chi connectivity index (χ3n) is 1.09. The number of oxime groups is 1. The van der Waals surface area contributed by atoms with Gasteiger partial charge in [-0.15, -0.1) is 0 Å². The van der Waals surface area contributed by atoms with Gasteiger partial charge in [-0.1, -0.05) is 5.16 Å². The molecule has 58 valence electrons. The Morgan fingerprint density at radius 2 is 2.20 bits per heavy atom. The van der Waals surface area contributed by atoms with E-state index in [1.807, 2.05) is 0 Å². The van der Waals surface area contributed by atoms with Gasteiger partial charge < -0.3 is 9.94 Å². The quantitative estimate of drug-likeness (QED) is 0.276. The van der Waals surface area contributed by atoms with Crippen LogP contribution in [-0.4, -0.2) is 24.0 Å². The largest absolute Gasteiger partial charge is 0.469 e. The first-order valence-electron chi connectivity index (χ1n) is 2.95. The summed E-state index contributed by atoms with van der Waals surface area (Å²) in [5.41, 5.74) is 0.533. The van der Waals surface area contributed by atoms with Gasteiger partial charge in [0.2, 0.25) is 0 Å². The lowest BCUT2D eigenvalue weighted by Crippen LogP contribution is -2.02. The van der Waals surface area contributed by atoms with E-state index in [0.717, 1.165) is 0 Å². The molecule has 0 unspecified atom stereocenters. The molecule has 0 spiro atoms. The van der Waals surface area contributed by atoms with Gasteiger partial charge in [-0.2, -0.15) is 0 Å². The van der Waals surface area contributed by atoms with E-state index in [9.17, 15) is 4.79 Å². The van der Waals surface area contributed by atoms with Crippen molar-refractivity contribution in [2.45, 2.75) is 19.8 Å². The zero-order valence-corrected chi connectivity index (χ0v) is 6.13. The van der Waals surface area contributed by atoms with Crippen LogP contribution < -0.4 is 0 Å². The van der Waals surface area contributed by atoms with Crippen molar-refractivity contribution >= 4 is 11.7 Å². The first kappa shape index (κ1) is 8.94. The molecule has 0 aromatic heterocycles. The molecule has 0 saturated heterocycles. The van der Waals surface area contributed by atoms with Crippen LogP contribution in [0.2, 0.25) is 0 Å². The van der Waals surface area contributed by atoms with Crippen LogP contribution >= 0.6 is 0 Å². The summed E-state index contributed by atoms with van der Waals surface area (Å²) in [7, 11) is 1.33. The summed E-state index contributed by atoms with van der Waals surface area (Å²) >= 11 is 0. The van der Waals surface area contributed by atoms with E-state index < -0.39 is 0 Å². The molecule has 0 saturated carbocycles. The van der Waals surface area contributed by atoms with E-state index in [0.29, 0.717) is 12.1 Å². The standard InChI is InChI=1S/C6H11NO3/c1-5(7-9)3-4-6(8)10-2/h9H,3-4H2,1-2H3/b7-5-. The predicted octanol–water partition coefficient (Wildman–Crippen LogP) is 0.790. The molecule has 0 amide bonds. The van der Waals surface area contributed by atoms with E-state index >= 15 is 0 Å². The van der Waals surface area contributed by atoms with Gasteiger partial charge in [-0.05, 0) is 13.3 Å². The monoisotopic (exact) mass is 145 g/mol. The zero-order chi connectivity index (χ0) is 7.98. The Bertz CT molecular complexity index is 142. The molecular weight excluding hydrogens is 134 g/mol. The number of hydrogen-bond donors (Lipinski definition) is 1. The summed E-state index contributed by atoms with van der Waals surface area (Å²) in [6, 6.07) is 0. The summed E-state index contributed by atoms with van der Waals surface area (Å²) in [6.45, 7) is 1.64. The number of esters is 1. The average molecular weight is 145 g/mol. The van der Waals surface area contributed by atoms with Gasteiger partial charge >= 0.3 is 5.97 Å². The molecule has 4 nitrogen and oxygen atoms in total. The van der Waals surface area contributed by atoms with Crippen molar-refractivity contribution in [3.8, 4) is 0 Å². The number of carbonyl (C=O) groups is 1. The minimum absolute atomic E-state index is 0.270. The molecule has 0 fully saturated rings. The molecule has 0 aliphatic carbocycles. The van der Waals surface area contributed by atoms with Gasteiger partial charge in [0.1, 0.15) is 0 Å². The molecule has 0 aliphatic heterocycles. The molecule has 0 rings (SSSR count). The van der Waals surface area contributed by atoms with Crippen molar-refractivity contribution in [1.82, 2.24) is 0 Å². The fraction of sp³-hybridized carbons (Fsp3) is 0.667. The zero-order valence-electron chi connectivity index (χ0n) is 6.13. The summed E-state index contributed by atoms with van der Waals surface area (Å²) in [5, 5.41) is 11.1. The number of ether oxygens (including phenoxy) is 1. The first-order chi connectivity index (χ1) is 4.70. The maximum absolute atomic E-state index is 10.5. The smallest absolute Gasteiger partial charge is 0.305 e. The van der Waals surface area contributed by atoms with Crippen molar-refractivity contribution in [3.05, 3.63) is 0 Å². The molecule has 10 heavy (non-hydrogen) atoms. The van der Waals surface area contributed by atoms with E-state index in [1.54, 1.807) is 6.92 Å². The van der Waals surface area contributed by atoms with Gasteiger partial charge in [0.25, 0.3) is 0 Å². The normalized spacial score (nSPS) is 11.2. The second-order valence-corrected chi connectivity index (χ2v) is 1.91. The SMILES string of the molecule is COC(=O)CC/C(C)=N\O. The molecule has 0 heterocycles. The average Bonchev–Trinajstić information content (AvgIpc) is 1.99. The predicted molar refractivity (Wildman–Crippen MR) is 36.1 cm³/mol. The maximum Gasteiger partial charge on any atom is 0.305 e. The molecule has 1 N–H and O–H groups in total. The van der Waals surface area contributed by atoms with E-state index in [4.69, 9.17) is 5.21 Å². The second-order valence-electron chi connectivity index (χ2n) is 1.91. The molecule has 0 bridgehead atoms. The highest BCUT2D eigenvalue weighted by atomic mass is 16.5. The number of rotatable bonds is 3. The van der Waals surface area contributed by atoms with E-state index in [-0.39, 0.29) is 12.4 Å². The van der Waals surface area contributed by atoms with Crippen LogP contribution in [-0.2, 0) is 9.53 Å². The van der Waals surface area contributed by atoms with Crippen LogP contribution in [0.5, 0.6) is 0 Å². The Balaban J connectivity index is 3.45. The van der Waals surface area contributed by atoms with Crippen molar-refractivity contribution in [2.75, 3.05) is 7.11 Å². The van der Waals surface area contributed by atoms with Gasteiger partial charge in [0, 0.05) is 0 Å². The number of methoxy groups -OCH3 is 1. The van der Waals surface area contributed by atoms with Gasteiger partial charge in [0.15, 0.2) is 0 Å². The molecule has 0 aliphatic rings. The van der Waals surface area contributed by atoms with Crippen LogP contribution in [0.15, 0.2) is 5.16 Å². The molecule has 0 radical (unpaired) electrons. The van der Waals surface area contributed by atoms with Crippen LogP contribution in [0, 0.1) is 0 Å². The minimum Gasteiger partial charge on any atom is -0.469 e. The molecule has 0 atom stereocenters. The molecule has 0 aromatic carbocycles. The fourth-order valence-corrected chi connectivity index (χ4v) is 0.435. The Kier molecular flexibility index (Phi) is 4.28. The maximum atomic E-state index is 10.5. The Labute approximate surface area is 59.5 Å². The third-order valence-corrected chi connectivity index (χ3v) is 1.09. The minimum atomic E-state index is -0.289. The van der Waals surface area contributed by atoms with Crippen LogP contribution in [0.25, 0.3) is 0 Å². The van der Waals surface area contributed by atoms with E-state index in [1.165, 1.54) is 7.11 Å². The lowest BCUT2D eigenvalue weighted by Gasteiger charge is -1.96. The summed E-state index contributed by atoms with van der Waals surface area (Å²) in [6.07, 6.45) is 0.718. The summed E-state index contributed by atoms with van der Waals surface area (Å²) in [5.74, 6) is -0.289. The van der Waals surface area contributed by atoms with Crippen molar-refractivity contribution in [3.63, 3.8) is 0 Å². The number of carbonyl (C=O) groups excluding carboxylic acids is 1. The number of hydrogen-bond acceptors (Lipinski definition) is 4. The lowest BCUT2D eigenvalue weighted by molar-refractivity contribution is -0.140. The topological polar surface area (TPSA) is 58.9 Å². The Morgan fingerprint density at radius 3 is 2.60 bits per heavy atom. The summed E-state index contributed by atoms with van der Waals surface area (Å²) < 4.78 is 4.37. The van der Waals surface area contributed by atoms with Gasteiger partial charge in [0.05, 0.1) is 19.2 Å². The molecule has 4 heteroatoms. The van der Waals surface area contributed by atoms with Crippen molar-refractivity contribution in [2.24, 2.45) is 5.16 Å². The molecular formula is C6H11NO3. The highest BCUT2D eigenvalue weighted by molar-refractivity contribution is 5.84. The highest BCUT2D eigenvalue weighted by Crippen LogP contribution is 1.93. The lowest BCUT2D eigenvalue weighted by atomic mass is 10.2. The second kappa shape index (κ2) is 4.78. The van der Waals surface area contributed by atoms with Gasteiger partial charge in [-0.3, -0.25) is 4.79 Å². The van der Waals surface area contributed by atoms with Gasteiger partial charge in [-0.25, -0.2) is 0 Å². The van der Waals surface area contributed by atoms with Crippen molar-refractivity contribution in [1.29, 1.82) is 0 Å².